The second-order valence-corrected chi connectivity index (χ2v) is 4.84. The Morgan fingerprint density at radius 2 is 2.05 bits per heavy atom. The maximum Gasteiger partial charge on any atom is 0.272 e. The molecular weight excluding hydrogens is 266 g/mol. The van der Waals surface area contributed by atoms with Crippen LogP contribution in [0.25, 0.3) is 10.9 Å². The number of nitrogens with one attached hydrogen (secondary N) is 1. The van der Waals surface area contributed by atoms with Crippen molar-refractivity contribution in [2.75, 3.05) is 0 Å². The van der Waals surface area contributed by atoms with E-state index in [-0.39, 0.29) is 11.7 Å². The van der Waals surface area contributed by atoms with Crippen molar-refractivity contribution >= 4 is 16.8 Å². The zero-order valence-corrected chi connectivity index (χ0v) is 11.6. The van der Waals surface area contributed by atoms with Crippen molar-refractivity contribution in [2.45, 2.75) is 6.54 Å². The Balaban J connectivity index is 1.81. The lowest BCUT2D eigenvalue weighted by atomic mass is 10.2. The number of para-hydroxylation sites is 1. The number of aromatic hydroxyl groups is 1. The summed E-state index contributed by atoms with van der Waals surface area (Å²) in [7, 11) is 1.81. The molecule has 5 heteroatoms. The SMILES string of the molecule is Cn1nc(C(=O)NCc2cccc(O)c2)c2ccccc21. The molecule has 21 heavy (non-hydrogen) atoms. The molecule has 106 valence electrons. The van der Waals surface area contributed by atoms with Crippen LogP contribution in [-0.4, -0.2) is 20.8 Å². The third kappa shape index (κ3) is 2.58. The third-order valence-corrected chi connectivity index (χ3v) is 3.34. The molecule has 2 aromatic carbocycles. The van der Waals surface area contributed by atoms with Crippen LogP contribution < -0.4 is 5.32 Å². The normalized spacial score (nSPS) is 10.7. The van der Waals surface area contributed by atoms with Gasteiger partial charge in [0.2, 0.25) is 0 Å². The number of phenols is 1. The quantitative estimate of drug-likeness (QED) is 0.773. The first kappa shape index (κ1) is 13.2. The van der Waals surface area contributed by atoms with Crippen molar-refractivity contribution < 1.29 is 9.90 Å². The summed E-state index contributed by atoms with van der Waals surface area (Å²) < 4.78 is 1.69. The van der Waals surface area contributed by atoms with Gasteiger partial charge < -0.3 is 10.4 Å². The van der Waals surface area contributed by atoms with Crippen molar-refractivity contribution in [3.8, 4) is 5.75 Å². The maximum atomic E-state index is 12.3. The standard InChI is InChI=1S/C16H15N3O2/c1-19-14-8-3-2-7-13(14)15(18-19)16(21)17-10-11-5-4-6-12(20)9-11/h2-9,20H,10H2,1H3,(H,17,21). The van der Waals surface area contributed by atoms with Gasteiger partial charge in [-0.2, -0.15) is 5.10 Å². The van der Waals surface area contributed by atoms with Crippen LogP contribution in [0.1, 0.15) is 16.1 Å². The smallest absolute Gasteiger partial charge is 0.272 e. The number of aromatic nitrogens is 2. The number of hydrogen-bond donors (Lipinski definition) is 2. The van der Waals surface area contributed by atoms with E-state index in [2.05, 4.69) is 10.4 Å². The van der Waals surface area contributed by atoms with Gasteiger partial charge in [0.1, 0.15) is 5.75 Å². The number of fused-ring (bicyclic) bond motifs is 1. The van der Waals surface area contributed by atoms with E-state index in [0.29, 0.717) is 12.2 Å². The summed E-state index contributed by atoms with van der Waals surface area (Å²) >= 11 is 0. The fraction of sp³-hybridized carbons (Fsp3) is 0.125. The minimum Gasteiger partial charge on any atom is -0.508 e. The molecule has 3 rings (SSSR count). The van der Waals surface area contributed by atoms with E-state index in [0.717, 1.165) is 16.5 Å². The summed E-state index contributed by atoms with van der Waals surface area (Å²) in [6.45, 7) is 0.345. The zero-order chi connectivity index (χ0) is 14.8. The predicted octanol–water partition coefficient (Wildman–Crippen LogP) is 2.21. The molecular formula is C16H15N3O2. The van der Waals surface area contributed by atoms with Crippen molar-refractivity contribution in [1.82, 2.24) is 15.1 Å². The van der Waals surface area contributed by atoms with Gasteiger partial charge in [-0.1, -0.05) is 30.3 Å². The van der Waals surface area contributed by atoms with Gasteiger partial charge in [-0.25, -0.2) is 0 Å². The average molecular weight is 281 g/mol. The number of rotatable bonds is 3. The molecule has 1 amide bonds. The average Bonchev–Trinajstić information content (AvgIpc) is 2.83. The molecule has 0 saturated carbocycles. The van der Waals surface area contributed by atoms with Gasteiger partial charge in [-0.3, -0.25) is 9.48 Å². The zero-order valence-electron chi connectivity index (χ0n) is 11.6. The van der Waals surface area contributed by atoms with Crippen molar-refractivity contribution in [3.05, 3.63) is 59.8 Å². The first-order valence-corrected chi connectivity index (χ1v) is 6.63. The third-order valence-electron chi connectivity index (χ3n) is 3.34. The van der Waals surface area contributed by atoms with Crippen molar-refractivity contribution in [3.63, 3.8) is 0 Å². The summed E-state index contributed by atoms with van der Waals surface area (Å²) in [5, 5.41) is 17.3. The predicted molar refractivity (Wildman–Crippen MR) is 80.0 cm³/mol. The monoisotopic (exact) mass is 281 g/mol. The molecule has 0 aliphatic rings. The summed E-state index contributed by atoms with van der Waals surface area (Å²) in [4.78, 5) is 12.3. The number of benzene rings is 2. The molecule has 1 aromatic heterocycles. The van der Waals surface area contributed by atoms with Gasteiger partial charge in [0.15, 0.2) is 5.69 Å². The first-order valence-electron chi connectivity index (χ1n) is 6.63. The topological polar surface area (TPSA) is 67.2 Å². The van der Waals surface area contributed by atoms with E-state index in [4.69, 9.17) is 0 Å². The summed E-state index contributed by atoms with van der Waals surface area (Å²) in [5.74, 6) is -0.0415. The van der Waals surface area contributed by atoms with E-state index in [1.807, 2.05) is 37.4 Å². The molecule has 1 heterocycles. The molecule has 0 atom stereocenters. The summed E-state index contributed by atoms with van der Waals surface area (Å²) in [6, 6.07) is 14.4. The molecule has 0 aliphatic carbocycles. The minimum absolute atomic E-state index is 0.185. The number of hydrogen-bond acceptors (Lipinski definition) is 3. The first-order chi connectivity index (χ1) is 10.1. The summed E-state index contributed by atoms with van der Waals surface area (Å²) in [5.41, 5.74) is 2.16. The van der Waals surface area contributed by atoms with Gasteiger partial charge in [-0.15, -0.1) is 0 Å². The highest BCUT2D eigenvalue weighted by Gasteiger charge is 2.15. The number of amides is 1. The van der Waals surface area contributed by atoms with Crippen LogP contribution in [0.15, 0.2) is 48.5 Å². The molecule has 0 saturated heterocycles. The number of aryl methyl sites for hydroxylation is 1. The van der Waals surface area contributed by atoms with Crippen LogP contribution >= 0.6 is 0 Å². The molecule has 2 N–H and O–H groups in total. The van der Waals surface area contributed by atoms with Crippen LogP contribution in [0, 0.1) is 0 Å². The van der Waals surface area contributed by atoms with Crippen LogP contribution in [0.5, 0.6) is 5.75 Å². The lowest BCUT2D eigenvalue weighted by molar-refractivity contribution is 0.0946. The molecule has 0 fully saturated rings. The second-order valence-electron chi connectivity index (χ2n) is 4.84. The van der Waals surface area contributed by atoms with Gasteiger partial charge in [-0.05, 0) is 23.8 Å². The molecule has 0 spiro atoms. The Morgan fingerprint density at radius 1 is 1.24 bits per heavy atom. The molecule has 0 unspecified atom stereocenters. The van der Waals surface area contributed by atoms with Crippen LogP contribution in [-0.2, 0) is 13.6 Å². The van der Waals surface area contributed by atoms with E-state index >= 15 is 0 Å². The van der Waals surface area contributed by atoms with E-state index < -0.39 is 0 Å². The number of carbonyl (C=O) groups is 1. The Bertz CT molecular complexity index is 808. The lowest BCUT2D eigenvalue weighted by Gasteiger charge is -2.04. The molecule has 3 aromatic rings. The maximum absolute atomic E-state index is 12.3. The molecule has 0 radical (unpaired) electrons. The highest BCUT2D eigenvalue weighted by atomic mass is 16.3. The number of carbonyl (C=O) groups excluding carboxylic acids is 1. The fourth-order valence-electron chi connectivity index (χ4n) is 2.31. The largest absolute Gasteiger partial charge is 0.508 e. The lowest BCUT2D eigenvalue weighted by Crippen LogP contribution is -2.23. The van der Waals surface area contributed by atoms with E-state index in [9.17, 15) is 9.90 Å². The van der Waals surface area contributed by atoms with E-state index in [1.54, 1.807) is 22.9 Å². The van der Waals surface area contributed by atoms with Gasteiger partial charge in [0.05, 0.1) is 5.52 Å². The summed E-state index contributed by atoms with van der Waals surface area (Å²) in [6.07, 6.45) is 0. The molecule has 0 bridgehead atoms. The fourth-order valence-corrected chi connectivity index (χ4v) is 2.31. The highest BCUT2D eigenvalue weighted by molar-refractivity contribution is 6.04. The molecule has 5 nitrogen and oxygen atoms in total. The Morgan fingerprint density at radius 3 is 2.86 bits per heavy atom. The van der Waals surface area contributed by atoms with E-state index in [1.165, 1.54) is 0 Å². The number of phenolic OH excluding ortho intramolecular Hbond substituents is 1. The van der Waals surface area contributed by atoms with Gasteiger partial charge in [0.25, 0.3) is 5.91 Å². The van der Waals surface area contributed by atoms with Crippen molar-refractivity contribution in [2.24, 2.45) is 7.05 Å². The Kier molecular flexibility index (Phi) is 3.31. The van der Waals surface area contributed by atoms with Crippen molar-refractivity contribution in [1.29, 1.82) is 0 Å². The molecule has 0 aliphatic heterocycles. The Hall–Kier alpha value is -2.82. The Labute approximate surface area is 121 Å². The second kappa shape index (κ2) is 5.28. The van der Waals surface area contributed by atoms with Crippen LogP contribution in [0.2, 0.25) is 0 Å². The number of nitrogens with zero attached hydrogens (tertiary/aromatic N) is 2. The van der Waals surface area contributed by atoms with Crippen LogP contribution in [0.3, 0.4) is 0 Å². The van der Waals surface area contributed by atoms with Gasteiger partial charge in [0, 0.05) is 19.0 Å². The minimum atomic E-state index is -0.227. The van der Waals surface area contributed by atoms with Crippen LogP contribution in [0.4, 0.5) is 0 Å². The van der Waals surface area contributed by atoms with Gasteiger partial charge >= 0.3 is 0 Å². The highest BCUT2D eigenvalue weighted by Crippen LogP contribution is 2.17.